The number of para-hydroxylation sites is 1. The Bertz CT molecular complexity index is 1540. The fraction of sp³-hybridized carbons (Fsp3) is 0.276. The van der Waals surface area contributed by atoms with Gasteiger partial charge in [-0.25, -0.2) is 4.98 Å². The van der Waals surface area contributed by atoms with Gasteiger partial charge in [-0.3, -0.25) is 24.1 Å². The van der Waals surface area contributed by atoms with Crippen LogP contribution in [0.15, 0.2) is 60.8 Å². The van der Waals surface area contributed by atoms with E-state index in [9.17, 15) is 24.8 Å². The smallest absolute Gasteiger partial charge is 0.305 e. The lowest BCUT2D eigenvalue weighted by Gasteiger charge is -2.18. The largest absolute Gasteiger partial charge is 0.481 e. The predicted octanol–water partition coefficient (Wildman–Crippen LogP) is 5.75. The van der Waals surface area contributed by atoms with Crippen molar-refractivity contribution in [1.29, 1.82) is 0 Å². The van der Waals surface area contributed by atoms with Gasteiger partial charge in [-0.1, -0.05) is 44.2 Å². The molecule has 202 valence electrons. The number of nitrogens with one attached hydrogen (secondary N) is 2. The van der Waals surface area contributed by atoms with Gasteiger partial charge in [0.25, 0.3) is 11.6 Å². The fourth-order valence-electron chi connectivity index (χ4n) is 4.60. The number of fused-ring (bicyclic) bond motifs is 1. The fourth-order valence-corrected chi connectivity index (χ4v) is 4.60. The molecule has 2 aromatic heterocycles. The number of carboxylic acids is 1. The molecule has 0 aliphatic rings. The number of carboxylic acid groups (broad SMARTS) is 1. The van der Waals surface area contributed by atoms with Crippen LogP contribution in [0.3, 0.4) is 0 Å². The van der Waals surface area contributed by atoms with Gasteiger partial charge in [0.05, 0.1) is 28.6 Å². The molecular weight excluding hydrogens is 498 g/mol. The highest BCUT2D eigenvalue weighted by molar-refractivity contribution is 6.00. The number of aliphatic carboxylic acids is 1. The average molecular weight is 530 g/mol. The summed E-state index contributed by atoms with van der Waals surface area (Å²) in [6.07, 6.45) is 2.06. The van der Waals surface area contributed by atoms with Crippen LogP contribution in [0.5, 0.6) is 0 Å². The summed E-state index contributed by atoms with van der Waals surface area (Å²) in [5.41, 5.74) is 4.73. The van der Waals surface area contributed by atoms with Crippen LogP contribution in [0, 0.1) is 29.9 Å². The molecule has 2 aromatic carbocycles. The number of nitro benzene ring substituents is 1. The number of hydrogen-bond donors (Lipinski definition) is 3. The number of nitrogens with zero attached hydrogens (tertiary/aromatic N) is 3. The number of hydrogen-bond acceptors (Lipinski definition) is 6. The summed E-state index contributed by atoms with van der Waals surface area (Å²) in [5.74, 6) is -0.616. The maximum Gasteiger partial charge on any atom is 0.305 e. The first-order valence-corrected chi connectivity index (χ1v) is 12.6. The van der Waals surface area contributed by atoms with Crippen molar-refractivity contribution < 1.29 is 19.6 Å². The number of nitro groups is 1. The van der Waals surface area contributed by atoms with E-state index in [2.05, 4.69) is 24.5 Å². The maximum atomic E-state index is 13.5. The van der Waals surface area contributed by atoms with Crippen LogP contribution < -0.4 is 10.6 Å². The molecular formula is C29H31N5O5. The van der Waals surface area contributed by atoms with Gasteiger partial charge in [0.2, 0.25) is 0 Å². The maximum absolute atomic E-state index is 13.5. The zero-order chi connectivity index (χ0) is 28.3. The minimum atomic E-state index is -1.15. The van der Waals surface area contributed by atoms with Gasteiger partial charge in [-0.2, -0.15) is 0 Å². The zero-order valence-corrected chi connectivity index (χ0v) is 22.3. The van der Waals surface area contributed by atoms with E-state index in [0.717, 1.165) is 28.3 Å². The molecule has 10 nitrogen and oxygen atoms in total. The number of anilines is 2. The molecule has 1 amide bonds. The van der Waals surface area contributed by atoms with E-state index in [0.29, 0.717) is 23.5 Å². The van der Waals surface area contributed by atoms with Gasteiger partial charge < -0.3 is 15.7 Å². The van der Waals surface area contributed by atoms with Crippen molar-refractivity contribution in [3.63, 3.8) is 0 Å². The molecule has 1 unspecified atom stereocenters. The molecule has 0 saturated heterocycles. The summed E-state index contributed by atoms with van der Waals surface area (Å²) in [6, 6.07) is 14.0. The number of imidazole rings is 1. The van der Waals surface area contributed by atoms with Gasteiger partial charge in [-0.15, -0.1) is 0 Å². The number of amides is 1. The van der Waals surface area contributed by atoms with E-state index in [1.165, 1.54) is 18.2 Å². The third-order valence-corrected chi connectivity index (χ3v) is 6.46. The number of aryl methyl sites for hydroxylation is 2. The van der Waals surface area contributed by atoms with E-state index in [1.54, 1.807) is 18.2 Å². The Morgan fingerprint density at radius 2 is 1.77 bits per heavy atom. The van der Waals surface area contributed by atoms with Crippen LogP contribution in [-0.4, -0.2) is 31.3 Å². The number of carbonyl (C=O) groups is 2. The number of benzene rings is 2. The monoisotopic (exact) mass is 529 g/mol. The minimum absolute atomic E-state index is 0.187. The van der Waals surface area contributed by atoms with Gasteiger partial charge in [0, 0.05) is 24.0 Å². The van der Waals surface area contributed by atoms with Crippen LogP contribution >= 0.6 is 0 Å². The molecule has 3 N–H and O–H groups in total. The van der Waals surface area contributed by atoms with Crippen LogP contribution in [-0.2, 0) is 11.2 Å². The highest BCUT2D eigenvalue weighted by atomic mass is 16.6. The first-order valence-electron chi connectivity index (χ1n) is 12.6. The van der Waals surface area contributed by atoms with Gasteiger partial charge in [-0.05, 0) is 55.0 Å². The summed E-state index contributed by atoms with van der Waals surface area (Å²) in [5, 5.41) is 27.0. The third kappa shape index (κ3) is 6.06. The summed E-state index contributed by atoms with van der Waals surface area (Å²) in [6.45, 7) is 8.23. The topological polar surface area (TPSA) is 139 Å². The highest BCUT2D eigenvalue weighted by Crippen LogP contribution is 2.30. The second-order valence-electron chi connectivity index (χ2n) is 9.99. The molecule has 4 rings (SSSR count). The van der Waals surface area contributed by atoms with Gasteiger partial charge in [0.1, 0.15) is 5.82 Å². The molecule has 0 fully saturated rings. The van der Waals surface area contributed by atoms with Crippen molar-refractivity contribution in [2.45, 2.75) is 46.6 Å². The van der Waals surface area contributed by atoms with Gasteiger partial charge in [0.15, 0.2) is 5.65 Å². The van der Waals surface area contributed by atoms with Crippen molar-refractivity contribution in [2.75, 3.05) is 5.32 Å². The van der Waals surface area contributed by atoms with E-state index in [1.807, 2.05) is 42.6 Å². The lowest BCUT2D eigenvalue weighted by molar-refractivity contribution is -0.384. The minimum Gasteiger partial charge on any atom is -0.481 e. The number of pyridine rings is 1. The molecule has 1 atom stereocenters. The number of carbonyl (C=O) groups excluding carboxylic acids is 1. The SMILES string of the molecule is Cc1cccc(C)c1Nc1c(CC(C)C)nc2c(C(=O)NC(CC(=O)O)c3cccc([N+](=O)[O-])c3)cccn12. The van der Waals surface area contributed by atoms with Crippen molar-refractivity contribution in [3.05, 3.63) is 98.9 Å². The molecule has 0 spiro atoms. The summed E-state index contributed by atoms with van der Waals surface area (Å²) < 4.78 is 1.83. The summed E-state index contributed by atoms with van der Waals surface area (Å²) >= 11 is 0. The van der Waals surface area contributed by atoms with Crippen molar-refractivity contribution in [3.8, 4) is 0 Å². The lowest BCUT2D eigenvalue weighted by atomic mass is 10.0. The van der Waals surface area contributed by atoms with E-state index >= 15 is 0 Å². The van der Waals surface area contributed by atoms with Crippen molar-refractivity contribution in [1.82, 2.24) is 14.7 Å². The van der Waals surface area contributed by atoms with E-state index in [4.69, 9.17) is 4.98 Å². The van der Waals surface area contributed by atoms with E-state index in [-0.39, 0.29) is 11.3 Å². The zero-order valence-electron chi connectivity index (χ0n) is 22.3. The Balaban J connectivity index is 1.76. The first kappa shape index (κ1) is 27.3. The van der Waals surface area contributed by atoms with Crippen LogP contribution in [0.1, 0.15) is 59.1 Å². The molecule has 0 radical (unpaired) electrons. The Kier molecular flexibility index (Phi) is 7.94. The van der Waals surface area contributed by atoms with E-state index < -0.39 is 29.3 Å². The molecule has 0 aliphatic carbocycles. The quantitative estimate of drug-likeness (QED) is 0.176. The van der Waals surface area contributed by atoms with Crippen LogP contribution in [0.4, 0.5) is 17.2 Å². The Hall–Kier alpha value is -4.73. The number of aromatic nitrogens is 2. The second kappa shape index (κ2) is 11.3. The lowest BCUT2D eigenvalue weighted by Crippen LogP contribution is -2.30. The molecule has 4 aromatic rings. The summed E-state index contributed by atoms with van der Waals surface area (Å²) in [7, 11) is 0. The van der Waals surface area contributed by atoms with Crippen molar-refractivity contribution in [2.24, 2.45) is 5.92 Å². The number of non-ortho nitro benzene ring substituents is 1. The molecule has 39 heavy (non-hydrogen) atoms. The normalized spacial score (nSPS) is 11.9. The molecule has 0 aliphatic heterocycles. The average Bonchev–Trinajstić information content (AvgIpc) is 3.21. The molecule has 0 saturated carbocycles. The second-order valence-corrected chi connectivity index (χ2v) is 9.99. The predicted molar refractivity (Wildman–Crippen MR) is 148 cm³/mol. The highest BCUT2D eigenvalue weighted by Gasteiger charge is 2.24. The van der Waals surface area contributed by atoms with Crippen LogP contribution in [0.25, 0.3) is 5.65 Å². The Morgan fingerprint density at radius 3 is 2.41 bits per heavy atom. The summed E-state index contributed by atoms with van der Waals surface area (Å²) in [4.78, 5) is 40.7. The first-order chi connectivity index (χ1) is 18.5. The number of rotatable bonds is 10. The van der Waals surface area contributed by atoms with Crippen molar-refractivity contribution >= 4 is 34.7 Å². The molecule has 0 bridgehead atoms. The van der Waals surface area contributed by atoms with Crippen LogP contribution in [0.2, 0.25) is 0 Å². The third-order valence-electron chi connectivity index (χ3n) is 6.46. The molecule has 2 heterocycles. The standard InChI is InChI=1S/C29H31N5O5/c1-17(2)14-24-28(32-26-18(3)8-5-9-19(26)4)33-13-7-12-22(27(33)30-24)29(37)31-23(16-25(35)36)20-10-6-11-21(15-20)34(38)39/h5-13,15,17,23,32H,14,16H2,1-4H3,(H,31,37)(H,35,36). The Morgan fingerprint density at radius 1 is 1.08 bits per heavy atom. The Labute approximate surface area is 225 Å². The van der Waals surface area contributed by atoms with Gasteiger partial charge >= 0.3 is 5.97 Å². The molecule has 10 heteroatoms.